The van der Waals surface area contributed by atoms with Crippen LogP contribution < -0.4 is 11.5 Å². The first-order valence-electron chi connectivity index (χ1n) is 5.96. The number of nitrogen functional groups attached to an aromatic ring is 1. The summed E-state index contributed by atoms with van der Waals surface area (Å²) < 4.78 is 0. The van der Waals surface area contributed by atoms with Crippen molar-refractivity contribution in [3.63, 3.8) is 0 Å². The Morgan fingerprint density at radius 2 is 2.06 bits per heavy atom. The Morgan fingerprint density at radius 1 is 1.35 bits per heavy atom. The molecule has 1 aliphatic carbocycles. The molecule has 1 aromatic rings. The average molecular weight is 250 g/mol. The molecule has 17 heavy (non-hydrogen) atoms. The lowest BCUT2D eigenvalue weighted by atomic mass is 10.1. The number of benzene rings is 1. The highest BCUT2D eigenvalue weighted by molar-refractivity contribution is 7.99. The SMILES string of the molecule is NC(=O)c1ccc(CSC2CCCC2)c(N)c1. The van der Waals surface area contributed by atoms with Gasteiger partial charge in [0.05, 0.1) is 0 Å². The fourth-order valence-corrected chi connectivity index (χ4v) is 3.49. The highest BCUT2D eigenvalue weighted by atomic mass is 32.2. The number of thioether (sulfide) groups is 1. The van der Waals surface area contributed by atoms with E-state index in [1.165, 1.54) is 25.7 Å². The summed E-state index contributed by atoms with van der Waals surface area (Å²) in [5, 5.41) is 0.783. The van der Waals surface area contributed by atoms with Crippen LogP contribution in [0.2, 0.25) is 0 Å². The molecule has 2 rings (SSSR count). The Hall–Kier alpha value is -1.16. The van der Waals surface area contributed by atoms with Gasteiger partial charge in [0, 0.05) is 22.3 Å². The van der Waals surface area contributed by atoms with Crippen LogP contribution in [-0.2, 0) is 5.75 Å². The van der Waals surface area contributed by atoms with Crippen molar-refractivity contribution in [3.8, 4) is 0 Å². The van der Waals surface area contributed by atoms with Gasteiger partial charge in [0.2, 0.25) is 5.91 Å². The van der Waals surface area contributed by atoms with E-state index in [0.29, 0.717) is 11.3 Å². The summed E-state index contributed by atoms with van der Waals surface area (Å²) in [5.74, 6) is 0.502. The molecule has 0 heterocycles. The molecule has 1 aromatic carbocycles. The molecule has 1 amide bonds. The predicted octanol–water partition coefficient (Wildman–Crippen LogP) is 2.54. The van der Waals surface area contributed by atoms with Gasteiger partial charge in [-0.15, -0.1) is 0 Å². The van der Waals surface area contributed by atoms with E-state index in [1.54, 1.807) is 12.1 Å². The minimum Gasteiger partial charge on any atom is -0.398 e. The van der Waals surface area contributed by atoms with Crippen molar-refractivity contribution < 1.29 is 4.79 Å². The molecule has 1 saturated carbocycles. The average Bonchev–Trinajstić information content (AvgIpc) is 2.80. The summed E-state index contributed by atoms with van der Waals surface area (Å²) in [5.41, 5.74) is 13.4. The van der Waals surface area contributed by atoms with Crippen molar-refractivity contribution in [2.75, 3.05) is 5.73 Å². The fraction of sp³-hybridized carbons (Fsp3) is 0.462. The molecule has 0 atom stereocenters. The van der Waals surface area contributed by atoms with Crippen molar-refractivity contribution >= 4 is 23.4 Å². The number of primary amides is 1. The van der Waals surface area contributed by atoms with E-state index in [0.717, 1.165) is 16.6 Å². The van der Waals surface area contributed by atoms with E-state index >= 15 is 0 Å². The number of hydrogen-bond donors (Lipinski definition) is 2. The van der Waals surface area contributed by atoms with E-state index in [-0.39, 0.29) is 0 Å². The third-order valence-corrected chi connectivity index (χ3v) is 4.63. The maximum atomic E-state index is 11.0. The number of hydrogen-bond acceptors (Lipinski definition) is 3. The first-order valence-corrected chi connectivity index (χ1v) is 7.01. The van der Waals surface area contributed by atoms with Crippen LogP contribution in [0, 0.1) is 0 Å². The molecule has 0 aliphatic heterocycles. The molecule has 1 aliphatic rings. The third-order valence-electron chi connectivity index (χ3n) is 3.21. The van der Waals surface area contributed by atoms with Gasteiger partial charge in [0.1, 0.15) is 0 Å². The smallest absolute Gasteiger partial charge is 0.248 e. The lowest BCUT2D eigenvalue weighted by Crippen LogP contribution is -2.11. The number of rotatable bonds is 4. The minimum atomic E-state index is -0.424. The zero-order valence-electron chi connectivity index (χ0n) is 9.82. The number of carbonyl (C=O) groups is 1. The molecule has 0 radical (unpaired) electrons. The van der Waals surface area contributed by atoms with E-state index in [9.17, 15) is 4.79 Å². The van der Waals surface area contributed by atoms with Crippen molar-refractivity contribution in [2.24, 2.45) is 5.73 Å². The van der Waals surface area contributed by atoms with Crippen LogP contribution in [0.5, 0.6) is 0 Å². The van der Waals surface area contributed by atoms with Crippen LogP contribution in [0.1, 0.15) is 41.6 Å². The molecule has 1 fully saturated rings. The second-order valence-corrected chi connectivity index (χ2v) is 5.78. The van der Waals surface area contributed by atoms with Crippen LogP contribution in [0.25, 0.3) is 0 Å². The zero-order chi connectivity index (χ0) is 12.3. The van der Waals surface area contributed by atoms with Crippen molar-refractivity contribution in [3.05, 3.63) is 29.3 Å². The molecule has 0 aromatic heterocycles. The molecule has 4 N–H and O–H groups in total. The molecule has 0 bridgehead atoms. The standard InChI is InChI=1S/C13H18N2OS/c14-12-7-9(13(15)16)5-6-10(12)8-17-11-3-1-2-4-11/h5-7,11H,1-4,8,14H2,(H2,15,16). The second-order valence-electron chi connectivity index (χ2n) is 4.50. The Balaban J connectivity index is 1.98. The number of amides is 1. The maximum Gasteiger partial charge on any atom is 0.248 e. The predicted molar refractivity (Wildman–Crippen MR) is 72.9 cm³/mol. The van der Waals surface area contributed by atoms with Crippen LogP contribution in [-0.4, -0.2) is 11.2 Å². The van der Waals surface area contributed by atoms with Crippen LogP contribution in [0.3, 0.4) is 0 Å². The van der Waals surface area contributed by atoms with E-state index in [4.69, 9.17) is 11.5 Å². The highest BCUT2D eigenvalue weighted by Crippen LogP contribution is 2.32. The zero-order valence-corrected chi connectivity index (χ0v) is 10.6. The van der Waals surface area contributed by atoms with Gasteiger partial charge in [-0.2, -0.15) is 11.8 Å². The Labute approximate surface area is 106 Å². The summed E-state index contributed by atoms with van der Waals surface area (Å²) in [4.78, 5) is 11.0. The third kappa shape index (κ3) is 3.16. The molecule has 3 nitrogen and oxygen atoms in total. The minimum absolute atomic E-state index is 0.424. The summed E-state index contributed by atoms with van der Waals surface area (Å²) in [6, 6.07) is 5.34. The largest absolute Gasteiger partial charge is 0.398 e. The van der Waals surface area contributed by atoms with Gasteiger partial charge in [0.25, 0.3) is 0 Å². The maximum absolute atomic E-state index is 11.0. The van der Waals surface area contributed by atoms with Gasteiger partial charge in [-0.3, -0.25) is 4.79 Å². The highest BCUT2D eigenvalue weighted by Gasteiger charge is 2.15. The van der Waals surface area contributed by atoms with E-state index in [1.807, 2.05) is 17.8 Å². The normalized spacial score (nSPS) is 16.2. The molecule has 4 heteroatoms. The number of carbonyl (C=O) groups excluding carboxylic acids is 1. The Bertz CT molecular complexity index is 414. The quantitative estimate of drug-likeness (QED) is 0.807. The first-order chi connectivity index (χ1) is 8.16. The van der Waals surface area contributed by atoms with Gasteiger partial charge in [-0.25, -0.2) is 0 Å². The second kappa shape index (κ2) is 5.45. The van der Waals surface area contributed by atoms with Crippen LogP contribution >= 0.6 is 11.8 Å². The number of anilines is 1. The van der Waals surface area contributed by atoms with Gasteiger partial charge in [0.15, 0.2) is 0 Å². The Morgan fingerprint density at radius 3 is 2.65 bits per heavy atom. The monoisotopic (exact) mass is 250 g/mol. The summed E-state index contributed by atoms with van der Waals surface area (Å²) >= 11 is 1.97. The molecule has 92 valence electrons. The van der Waals surface area contributed by atoms with Crippen LogP contribution in [0.15, 0.2) is 18.2 Å². The molecule has 0 unspecified atom stereocenters. The Kier molecular flexibility index (Phi) is 3.94. The lowest BCUT2D eigenvalue weighted by molar-refractivity contribution is 0.100. The summed E-state index contributed by atoms with van der Waals surface area (Å²) in [7, 11) is 0. The van der Waals surface area contributed by atoms with Crippen molar-refractivity contribution in [1.29, 1.82) is 0 Å². The van der Waals surface area contributed by atoms with Crippen LogP contribution in [0.4, 0.5) is 5.69 Å². The molecular weight excluding hydrogens is 232 g/mol. The van der Waals surface area contributed by atoms with Gasteiger partial charge < -0.3 is 11.5 Å². The van der Waals surface area contributed by atoms with E-state index in [2.05, 4.69) is 0 Å². The van der Waals surface area contributed by atoms with E-state index < -0.39 is 5.91 Å². The summed E-state index contributed by atoms with van der Waals surface area (Å²) in [6.45, 7) is 0. The molecule has 0 saturated heterocycles. The van der Waals surface area contributed by atoms with Crippen molar-refractivity contribution in [2.45, 2.75) is 36.7 Å². The lowest BCUT2D eigenvalue weighted by Gasteiger charge is -2.10. The topological polar surface area (TPSA) is 69.1 Å². The molecular formula is C13H18N2OS. The van der Waals surface area contributed by atoms with Gasteiger partial charge in [-0.1, -0.05) is 18.9 Å². The first kappa shape index (κ1) is 12.3. The number of nitrogens with two attached hydrogens (primary N) is 2. The molecule has 0 spiro atoms. The van der Waals surface area contributed by atoms with Gasteiger partial charge >= 0.3 is 0 Å². The summed E-state index contributed by atoms with van der Waals surface area (Å²) in [6.07, 6.45) is 5.36. The fourth-order valence-electron chi connectivity index (χ4n) is 2.14. The van der Waals surface area contributed by atoms with Crippen molar-refractivity contribution in [1.82, 2.24) is 0 Å². The van der Waals surface area contributed by atoms with Gasteiger partial charge in [-0.05, 0) is 30.5 Å².